The first kappa shape index (κ1) is 15.2. The standard InChI is InChI=1S/C20H23N3O/c1-20(2,24)15-8-9-19-18(12-15)21-14-23(19)17-7-5-6-16(13-17)22-10-3-4-11-22/h5-9,12-14,24H,3-4,10-11H2,1-2H3. The molecule has 0 radical (unpaired) electrons. The van der Waals surface area contributed by atoms with E-state index >= 15 is 0 Å². The maximum atomic E-state index is 10.2. The minimum Gasteiger partial charge on any atom is -0.386 e. The Morgan fingerprint density at radius 1 is 1.00 bits per heavy atom. The molecule has 2 heterocycles. The highest BCUT2D eigenvalue weighted by Crippen LogP contribution is 2.27. The van der Waals surface area contributed by atoms with Gasteiger partial charge in [-0.1, -0.05) is 12.1 Å². The second-order valence-corrected chi connectivity index (χ2v) is 7.09. The average molecular weight is 321 g/mol. The summed E-state index contributed by atoms with van der Waals surface area (Å²) in [5.74, 6) is 0. The van der Waals surface area contributed by atoms with Crippen molar-refractivity contribution in [1.29, 1.82) is 0 Å². The molecule has 1 aromatic heterocycles. The first-order valence-corrected chi connectivity index (χ1v) is 8.58. The summed E-state index contributed by atoms with van der Waals surface area (Å²) in [7, 11) is 0. The Morgan fingerprint density at radius 3 is 2.50 bits per heavy atom. The van der Waals surface area contributed by atoms with E-state index < -0.39 is 5.60 Å². The summed E-state index contributed by atoms with van der Waals surface area (Å²) in [6, 6.07) is 14.6. The highest BCUT2D eigenvalue weighted by molar-refractivity contribution is 5.78. The molecule has 0 unspecified atom stereocenters. The second kappa shape index (κ2) is 5.64. The van der Waals surface area contributed by atoms with Crippen LogP contribution in [0.5, 0.6) is 0 Å². The van der Waals surface area contributed by atoms with Crippen molar-refractivity contribution in [3.05, 3.63) is 54.4 Å². The normalized spacial score (nSPS) is 15.4. The summed E-state index contributed by atoms with van der Waals surface area (Å²) in [6.07, 6.45) is 4.41. The molecule has 1 aliphatic heterocycles. The van der Waals surface area contributed by atoms with Crippen LogP contribution in [-0.4, -0.2) is 27.7 Å². The van der Waals surface area contributed by atoms with Gasteiger partial charge in [-0.25, -0.2) is 4.98 Å². The smallest absolute Gasteiger partial charge is 0.100 e. The van der Waals surface area contributed by atoms with E-state index in [2.05, 4.69) is 38.7 Å². The molecule has 3 aromatic rings. The molecule has 1 fully saturated rings. The predicted octanol–water partition coefficient (Wildman–Crippen LogP) is 3.85. The Balaban J connectivity index is 1.75. The molecule has 2 aromatic carbocycles. The van der Waals surface area contributed by atoms with E-state index in [4.69, 9.17) is 0 Å². The molecule has 4 rings (SSSR count). The molecule has 4 heteroatoms. The van der Waals surface area contributed by atoms with Gasteiger partial charge in [0.15, 0.2) is 0 Å². The van der Waals surface area contributed by atoms with Gasteiger partial charge in [-0.15, -0.1) is 0 Å². The highest BCUT2D eigenvalue weighted by Gasteiger charge is 2.18. The zero-order valence-corrected chi connectivity index (χ0v) is 14.2. The van der Waals surface area contributed by atoms with Gasteiger partial charge < -0.3 is 10.0 Å². The first-order chi connectivity index (χ1) is 11.5. The summed E-state index contributed by atoms with van der Waals surface area (Å²) in [4.78, 5) is 6.97. The molecule has 0 aliphatic carbocycles. The fourth-order valence-corrected chi connectivity index (χ4v) is 3.41. The highest BCUT2D eigenvalue weighted by atomic mass is 16.3. The van der Waals surface area contributed by atoms with Crippen LogP contribution in [-0.2, 0) is 5.60 Å². The van der Waals surface area contributed by atoms with E-state index in [1.54, 1.807) is 13.8 Å². The van der Waals surface area contributed by atoms with Gasteiger partial charge >= 0.3 is 0 Å². The minimum absolute atomic E-state index is 0.854. The van der Waals surface area contributed by atoms with Gasteiger partial charge in [-0.3, -0.25) is 4.57 Å². The molecule has 1 saturated heterocycles. The van der Waals surface area contributed by atoms with Crippen molar-refractivity contribution in [2.75, 3.05) is 18.0 Å². The monoisotopic (exact) mass is 321 g/mol. The summed E-state index contributed by atoms with van der Waals surface area (Å²) in [5.41, 5.74) is 4.39. The number of nitrogens with zero attached hydrogens (tertiary/aromatic N) is 3. The summed E-state index contributed by atoms with van der Waals surface area (Å²) in [6.45, 7) is 5.88. The van der Waals surface area contributed by atoms with Crippen molar-refractivity contribution in [3.63, 3.8) is 0 Å². The van der Waals surface area contributed by atoms with E-state index in [9.17, 15) is 5.11 Å². The number of hydrogen-bond donors (Lipinski definition) is 1. The summed E-state index contributed by atoms with van der Waals surface area (Å²) >= 11 is 0. The number of rotatable bonds is 3. The fraction of sp³-hybridized carbons (Fsp3) is 0.350. The molecule has 0 spiro atoms. The van der Waals surface area contributed by atoms with Crippen LogP contribution in [0.3, 0.4) is 0 Å². The molecule has 24 heavy (non-hydrogen) atoms. The molecule has 0 atom stereocenters. The van der Waals surface area contributed by atoms with Crippen LogP contribution in [0.4, 0.5) is 5.69 Å². The first-order valence-electron chi connectivity index (χ1n) is 8.58. The van der Waals surface area contributed by atoms with Crippen LogP contribution in [0.15, 0.2) is 48.8 Å². The van der Waals surface area contributed by atoms with E-state index in [1.165, 1.54) is 18.5 Å². The lowest BCUT2D eigenvalue weighted by Gasteiger charge is -2.19. The van der Waals surface area contributed by atoms with Crippen LogP contribution in [0.25, 0.3) is 16.7 Å². The zero-order chi connectivity index (χ0) is 16.7. The quantitative estimate of drug-likeness (QED) is 0.796. The van der Waals surface area contributed by atoms with Gasteiger partial charge in [0.2, 0.25) is 0 Å². The Kier molecular flexibility index (Phi) is 3.57. The summed E-state index contributed by atoms with van der Waals surface area (Å²) in [5, 5.41) is 10.2. The van der Waals surface area contributed by atoms with E-state index in [-0.39, 0.29) is 0 Å². The van der Waals surface area contributed by atoms with Gasteiger partial charge in [0.05, 0.1) is 16.6 Å². The number of aromatic nitrogens is 2. The number of fused-ring (bicyclic) bond motifs is 1. The largest absolute Gasteiger partial charge is 0.386 e. The topological polar surface area (TPSA) is 41.3 Å². The fourth-order valence-electron chi connectivity index (χ4n) is 3.41. The van der Waals surface area contributed by atoms with Crippen LogP contribution >= 0.6 is 0 Å². The zero-order valence-electron chi connectivity index (χ0n) is 14.2. The molecule has 124 valence electrons. The van der Waals surface area contributed by atoms with Crippen molar-refractivity contribution in [3.8, 4) is 5.69 Å². The molecule has 1 N–H and O–H groups in total. The van der Waals surface area contributed by atoms with E-state index in [1.807, 2.05) is 24.5 Å². The third-order valence-corrected chi connectivity index (χ3v) is 4.83. The van der Waals surface area contributed by atoms with Gasteiger partial charge in [0.25, 0.3) is 0 Å². The van der Waals surface area contributed by atoms with Crippen molar-refractivity contribution in [1.82, 2.24) is 9.55 Å². The Bertz CT molecular complexity index is 870. The predicted molar refractivity (Wildman–Crippen MR) is 97.8 cm³/mol. The number of benzene rings is 2. The van der Waals surface area contributed by atoms with Crippen LogP contribution in [0.2, 0.25) is 0 Å². The van der Waals surface area contributed by atoms with Gasteiger partial charge in [-0.05, 0) is 62.6 Å². The minimum atomic E-state index is -0.854. The third kappa shape index (κ3) is 2.67. The van der Waals surface area contributed by atoms with Gasteiger partial charge in [-0.2, -0.15) is 0 Å². The maximum Gasteiger partial charge on any atom is 0.100 e. The Labute approximate surface area is 142 Å². The maximum absolute atomic E-state index is 10.2. The van der Waals surface area contributed by atoms with Gasteiger partial charge in [0.1, 0.15) is 6.33 Å². The molecular formula is C20H23N3O. The van der Waals surface area contributed by atoms with Crippen molar-refractivity contribution in [2.24, 2.45) is 0 Å². The molecule has 0 saturated carbocycles. The molecule has 0 amide bonds. The van der Waals surface area contributed by atoms with Crippen molar-refractivity contribution >= 4 is 16.7 Å². The van der Waals surface area contributed by atoms with E-state index in [0.717, 1.165) is 35.4 Å². The number of aliphatic hydroxyl groups is 1. The summed E-state index contributed by atoms with van der Waals surface area (Å²) < 4.78 is 2.11. The lowest BCUT2D eigenvalue weighted by atomic mass is 9.98. The molecular weight excluding hydrogens is 298 g/mol. The average Bonchev–Trinajstić information content (AvgIpc) is 3.23. The lowest BCUT2D eigenvalue weighted by Crippen LogP contribution is -2.17. The van der Waals surface area contributed by atoms with Crippen LogP contribution in [0, 0.1) is 0 Å². The van der Waals surface area contributed by atoms with Crippen LogP contribution < -0.4 is 4.90 Å². The molecule has 4 nitrogen and oxygen atoms in total. The van der Waals surface area contributed by atoms with Crippen molar-refractivity contribution in [2.45, 2.75) is 32.3 Å². The lowest BCUT2D eigenvalue weighted by molar-refractivity contribution is 0.0787. The SMILES string of the molecule is CC(C)(O)c1ccc2c(c1)ncn2-c1cccc(N2CCCC2)c1. The van der Waals surface area contributed by atoms with Gasteiger partial charge in [0, 0.05) is 24.5 Å². The van der Waals surface area contributed by atoms with Crippen molar-refractivity contribution < 1.29 is 5.11 Å². The van der Waals surface area contributed by atoms with E-state index in [0.29, 0.717) is 0 Å². The number of imidazole rings is 1. The Morgan fingerprint density at radius 2 is 1.75 bits per heavy atom. The second-order valence-electron chi connectivity index (χ2n) is 7.09. The number of hydrogen-bond acceptors (Lipinski definition) is 3. The molecule has 0 bridgehead atoms. The number of anilines is 1. The Hall–Kier alpha value is -2.33. The van der Waals surface area contributed by atoms with Crippen LogP contribution in [0.1, 0.15) is 32.3 Å². The molecule has 1 aliphatic rings. The third-order valence-electron chi connectivity index (χ3n) is 4.83.